The van der Waals surface area contributed by atoms with Crippen molar-refractivity contribution in [2.75, 3.05) is 13.7 Å². The Labute approximate surface area is 110 Å². The van der Waals surface area contributed by atoms with Gasteiger partial charge in [-0.05, 0) is 24.1 Å². The minimum atomic E-state index is -0.422. The molecule has 2 aromatic rings. The molecule has 0 unspecified atom stereocenters. The summed E-state index contributed by atoms with van der Waals surface area (Å²) in [6.45, 7) is 2.19. The molecule has 0 aliphatic carbocycles. The van der Waals surface area contributed by atoms with E-state index >= 15 is 0 Å². The molecule has 0 aliphatic heterocycles. The summed E-state index contributed by atoms with van der Waals surface area (Å²) in [4.78, 5) is 22.8. The van der Waals surface area contributed by atoms with Crippen LogP contribution < -0.4 is 10.9 Å². The van der Waals surface area contributed by atoms with Crippen LogP contribution in [0.2, 0.25) is 0 Å². The average molecular weight is 261 g/mol. The lowest BCUT2D eigenvalue weighted by Gasteiger charge is -2.07. The molecule has 0 saturated heterocycles. The Morgan fingerprint density at radius 3 is 2.89 bits per heavy atom. The first kappa shape index (κ1) is 13.3. The van der Waals surface area contributed by atoms with Gasteiger partial charge < -0.3 is 14.5 Å². The zero-order chi connectivity index (χ0) is 13.8. The number of hydrogen-bond acceptors (Lipinski definition) is 4. The minimum absolute atomic E-state index is 0.00151. The first-order valence-corrected chi connectivity index (χ1v) is 5.89. The van der Waals surface area contributed by atoms with Gasteiger partial charge in [-0.2, -0.15) is 0 Å². The van der Waals surface area contributed by atoms with Crippen LogP contribution in [0.5, 0.6) is 0 Å². The summed E-state index contributed by atoms with van der Waals surface area (Å²) in [6, 6.07) is 7.01. The summed E-state index contributed by atoms with van der Waals surface area (Å²) < 4.78 is 9.87. The number of rotatable bonds is 4. The van der Waals surface area contributed by atoms with E-state index in [0.29, 0.717) is 5.58 Å². The van der Waals surface area contributed by atoms with Crippen molar-refractivity contribution in [3.05, 3.63) is 45.8 Å². The van der Waals surface area contributed by atoms with E-state index in [9.17, 15) is 9.59 Å². The summed E-state index contributed by atoms with van der Waals surface area (Å²) >= 11 is 0. The van der Waals surface area contributed by atoms with Crippen molar-refractivity contribution in [1.29, 1.82) is 0 Å². The molecule has 0 atom stereocenters. The summed E-state index contributed by atoms with van der Waals surface area (Å²) in [7, 11) is 1.45. The number of carbonyl (C=O) groups excluding carboxylic acids is 1. The summed E-state index contributed by atoms with van der Waals surface area (Å²) in [5, 5.41) is 3.51. The Hall–Kier alpha value is -2.14. The number of nitrogens with one attached hydrogen (secondary N) is 1. The molecule has 0 radical (unpaired) electrons. The van der Waals surface area contributed by atoms with E-state index in [4.69, 9.17) is 9.15 Å². The summed E-state index contributed by atoms with van der Waals surface area (Å²) in [5.74, 6) is -0.226. The van der Waals surface area contributed by atoms with E-state index < -0.39 is 5.63 Å². The van der Waals surface area contributed by atoms with Gasteiger partial charge in [-0.3, -0.25) is 4.79 Å². The Balaban J connectivity index is 2.32. The molecule has 0 fully saturated rings. The maximum absolute atomic E-state index is 11.5. The number of aryl methyl sites for hydroxylation is 1. The number of benzene rings is 1. The normalized spacial score (nSPS) is 10.6. The zero-order valence-electron chi connectivity index (χ0n) is 10.9. The van der Waals surface area contributed by atoms with E-state index in [0.717, 1.165) is 16.5 Å². The van der Waals surface area contributed by atoms with E-state index in [1.807, 2.05) is 19.1 Å². The monoisotopic (exact) mass is 261 g/mol. The van der Waals surface area contributed by atoms with E-state index in [1.165, 1.54) is 13.2 Å². The Kier molecular flexibility index (Phi) is 3.97. The molecule has 0 bridgehead atoms. The second-order valence-corrected chi connectivity index (χ2v) is 4.30. The molecule has 5 heteroatoms. The van der Waals surface area contributed by atoms with Crippen molar-refractivity contribution >= 4 is 16.9 Å². The largest absolute Gasteiger partial charge is 0.423 e. The van der Waals surface area contributed by atoms with E-state index in [1.54, 1.807) is 6.07 Å². The van der Waals surface area contributed by atoms with Gasteiger partial charge in [0.15, 0.2) is 0 Å². The molecule has 19 heavy (non-hydrogen) atoms. The SMILES string of the molecule is COCC(=O)NCc1cc(=O)oc2cc(C)ccc12. The number of amides is 1. The first-order chi connectivity index (χ1) is 9.10. The molecule has 0 spiro atoms. The van der Waals surface area contributed by atoms with Crippen molar-refractivity contribution in [2.24, 2.45) is 0 Å². The van der Waals surface area contributed by atoms with Crippen LogP contribution in [-0.2, 0) is 16.1 Å². The van der Waals surface area contributed by atoms with Crippen LogP contribution in [0.1, 0.15) is 11.1 Å². The lowest BCUT2D eigenvalue weighted by Crippen LogP contribution is -2.27. The Bertz CT molecular complexity index is 660. The van der Waals surface area contributed by atoms with Crippen molar-refractivity contribution in [2.45, 2.75) is 13.5 Å². The van der Waals surface area contributed by atoms with E-state index in [-0.39, 0.29) is 19.1 Å². The highest BCUT2D eigenvalue weighted by Crippen LogP contribution is 2.18. The number of hydrogen-bond donors (Lipinski definition) is 1. The van der Waals surface area contributed by atoms with E-state index in [2.05, 4.69) is 5.32 Å². The highest BCUT2D eigenvalue weighted by molar-refractivity contribution is 5.82. The Morgan fingerprint density at radius 2 is 2.16 bits per heavy atom. The van der Waals surface area contributed by atoms with Gasteiger partial charge in [0.2, 0.25) is 5.91 Å². The standard InChI is InChI=1S/C14H15NO4/c1-9-3-4-11-10(7-15-13(16)8-18-2)6-14(17)19-12(11)5-9/h3-6H,7-8H2,1-2H3,(H,15,16). The van der Waals surface area contributed by atoms with Gasteiger partial charge in [0.1, 0.15) is 12.2 Å². The van der Waals surface area contributed by atoms with Crippen molar-refractivity contribution in [1.82, 2.24) is 5.32 Å². The predicted molar refractivity (Wildman–Crippen MR) is 70.9 cm³/mol. The van der Waals surface area contributed by atoms with Crippen molar-refractivity contribution in [3.8, 4) is 0 Å². The molecule has 0 aliphatic rings. The molecule has 100 valence electrons. The molecule has 2 rings (SSSR count). The van der Waals surface area contributed by atoms with Crippen LogP contribution >= 0.6 is 0 Å². The van der Waals surface area contributed by atoms with Gasteiger partial charge in [0, 0.05) is 25.1 Å². The van der Waals surface area contributed by atoms with Gasteiger partial charge in [0.25, 0.3) is 0 Å². The van der Waals surface area contributed by atoms with Gasteiger partial charge in [-0.25, -0.2) is 4.79 Å². The number of carbonyl (C=O) groups is 1. The molecule has 1 N–H and O–H groups in total. The first-order valence-electron chi connectivity index (χ1n) is 5.89. The fourth-order valence-corrected chi connectivity index (χ4v) is 1.86. The summed E-state index contributed by atoms with van der Waals surface area (Å²) in [5.41, 5.74) is 1.85. The second-order valence-electron chi connectivity index (χ2n) is 4.30. The molecule has 1 heterocycles. The molecular weight excluding hydrogens is 246 g/mol. The minimum Gasteiger partial charge on any atom is -0.423 e. The molecule has 5 nitrogen and oxygen atoms in total. The van der Waals surface area contributed by atoms with Crippen LogP contribution in [0.25, 0.3) is 11.0 Å². The highest BCUT2D eigenvalue weighted by Gasteiger charge is 2.07. The van der Waals surface area contributed by atoms with Crippen molar-refractivity contribution < 1.29 is 13.9 Å². The van der Waals surface area contributed by atoms with Crippen molar-refractivity contribution in [3.63, 3.8) is 0 Å². The van der Waals surface area contributed by atoms with Crippen LogP contribution in [-0.4, -0.2) is 19.6 Å². The molecular formula is C14H15NO4. The van der Waals surface area contributed by atoms with Crippen LogP contribution in [0.4, 0.5) is 0 Å². The zero-order valence-corrected chi connectivity index (χ0v) is 10.9. The molecule has 1 amide bonds. The second kappa shape index (κ2) is 5.67. The highest BCUT2D eigenvalue weighted by atomic mass is 16.5. The average Bonchev–Trinajstić information content (AvgIpc) is 2.35. The van der Waals surface area contributed by atoms with Crippen LogP contribution in [0.3, 0.4) is 0 Å². The number of ether oxygens (including phenoxy) is 1. The van der Waals surface area contributed by atoms with Gasteiger partial charge in [-0.15, -0.1) is 0 Å². The quantitative estimate of drug-likeness (QED) is 0.844. The van der Waals surface area contributed by atoms with Gasteiger partial charge in [0.05, 0.1) is 0 Å². The predicted octanol–water partition coefficient (Wildman–Crippen LogP) is 1.36. The third-order valence-corrected chi connectivity index (χ3v) is 2.74. The maximum atomic E-state index is 11.5. The fraction of sp³-hybridized carbons (Fsp3) is 0.286. The molecule has 0 saturated carbocycles. The fourth-order valence-electron chi connectivity index (χ4n) is 1.86. The number of methoxy groups -OCH3 is 1. The lowest BCUT2D eigenvalue weighted by atomic mass is 10.1. The smallest absolute Gasteiger partial charge is 0.336 e. The van der Waals surface area contributed by atoms with Gasteiger partial charge >= 0.3 is 5.63 Å². The molecule has 1 aromatic heterocycles. The third-order valence-electron chi connectivity index (χ3n) is 2.74. The molecule has 1 aromatic carbocycles. The van der Waals surface area contributed by atoms with Crippen LogP contribution in [0.15, 0.2) is 33.5 Å². The van der Waals surface area contributed by atoms with Gasteiger partial charge in [-0.1, -0.05) is 12.1 Å². The lowest BCUT2D eigenvalue weighted by molar-refractivity contribution is -0.124. The topological polar surface area (TPSA) is 68.5 Å². The Morgan fingerprint density at radius 1 is 1.37 bits per heavy atom. The summed E-state index contributed by atoms with van der Waals surface area (Å²) in [6.07, 6.45) is 0. The van der Waals surface area contributed by atoms with Crippen LogP contribution in [0, 0.1) is 6.92 Å². The maximum Gasteiger partial charge on any atom is 0.336 e. The third kappa shape index (κ3) is 3.20. The number of fused-ring (bicyclic) bond motifs is 1.